The van der Waals surface area contributed by atoms with Crippen molar-refractivity contribution in [1.29, 1.82) is 0 Å². The highest BCUT2D eigenvalue weighted by Gasteiger charge is 2.54. The molecule has 0 aromatic heterocycles. The maximum absolute atomic E-state index is 14.4. The lowest BCUT2D eigenvalue weighted by Crippen LogP contribution is -2.51. The van der Waals surface area contributed by atoms with Crippen LogP contribution in [0.4, 0.5) is 8.78 Å². The zero-order valence-electron chi connectivity index (χ0n) is 11.9. The molecule has 5 rings (SSSR count). The minimum Gasteiger partial charge on any atom is -0.323 e. The van der Waals surface area contributed by atoms with Gasteiger partial charge in [-0.15, -0.1) is 0 Å². The van der Waals surface area contributed by atoms with Gasteiger partial charge in [0.05, 0.1) is 4.47 Å². The van der Waals surface area contributed by atoms with Crippen LogP contribution in [-0.2, 0) is 0 Å². The smallest absolute Gasteiger partial charge is 0.145 e. The summed E-state index contributed by atoms with van der Waals surface area (Å²) in [5, 5.41) is 0. The van der Waals surface area contributed by atoms with Crippen molar-refractivity contribution < 1.29 is 8.78 Å². The summed E-state index contributed by atoms with van der Waals surface area (Å²) in [6.07, 6.45) is 7.04. The van der Waals surface area contributed by atoms with Crippen molar-refractivity contribution in [1.82, 2.24) is 0 Å². The molecule has 21 heavy (non-hydrogen) atoms. The van der Waals surface area contributed by atoms with Gasteiger partial charge < -0.3 is 5.73 Å². The molecule has 0 saturated heterocycles. The molecule has 4 bridgehead atoms. The third-order valence-electron chi connectivity index (χ3n) is 6.14. The molecular formula is C17H20BrF2N. The molecule has 0 spiro atoms. The number of hydrogen-bond donors (Lipinski definition) is 1. The fraction of sp³-hybridized carbons (Fsp3) is 0.647. The van der Waals surface area contributed by atoms with Crippen molar-refractivity contribution >= 4 is 15.9 Å². The summed E-state index contributed by atoms with van der Waals surface area (Å²) in [6.45, 7) is 0. The molecule has 0 heterocycles. The van der Waals surface area contributed by atoms with Crippen LogP contribution in [0.15, 0.2) is 16.6 Å². The second-order valence-corrected chi connectivity index (χ2v) is 8.37. The van der Waals surface area contributed by atoms with Gasteiger partial charge in [-0.2, -0.15) is 0 Å². The Morgan fingerprint density at radius 2 is 1.57 bits per heavy atom. The van der Waals surface area contributed by atoms with Crippen molar-refractivity contribution in [3.63, 3.8) is 0 Å². The Morgan fingerprint density at radius 3 is 2.10 bits per heavy atom. The SMILES string of the molecule is NC(c1c(F)ccc(Br)c1F)C12CC3CC(CC(C3)C1)C2. The Labute approximate surface area is 132 Å². The first kappa shape index (κ1) is 14.1. The van der Waals surface area contributed by atoms with E-state index in [4.69, 9.17) is 5.73 Å². The highest BCUT2D eigenvalue weighted by Crippen LogP contribution is 2.63. The summed E-state index contributed by atoms with van der Waals surface area (Å²) in [5.41, 5.74) is 6.47. The Balaban J connectivity index is 1.75. The molecule has 0 amide bonds. The molecule has 114 valence electrons. The second-order valence-electron chi connectivity index (χ2n) is 7.51. The van der Waals surface area contributed by atoms with E-state index in [-0.39, 0.29) is 11.0 Å². The van der Waals surface area contributed by atoms with E-state index in [2.05, 4.69) is 15.9 Å². The lowest BCUT2D eigenvalue weighted by atomic mass is 9.47. The van der Waals surface area contributed by atoms with Crippen LogP contribution in [0.5, 0.6) is 0 Å². The summed E-state index contributed by atoms with van der Waals surface area (Å²) in [7, 11) is 0. The first-order valence-corrected chi connectivity index (χ1v) is 8.67. The van der Waals surface area contributed by atoms with Gasteiger partial charge in [-0.05, 0) is 89.8 Å². The van der Waals surface area contributed by atoms with Crippen LogP contribution in [-0.4, -0.2) is 0 Å². The predicted molar refractivity (Wildman–Crippen MR) is 81.6 cm³/mol. The largest absolute Gasteiger partial charge is 0.323 e. The standard InChI is InChI=1S/C17H20BrF2N/c18-12-1-2-13(19)14(15(12)20)16(21)17-6-9-3-10(7-17)5-11(4-9)8-17/h1-2,9-11,16H,3-8,21H2. The molecule has 4 aliphatic carbocycles. The Morgan fingerprint density at radius 1 is 1.05 bits per heavy atom. The number of rotatable bonds is 2. The average Bonchev–Trinajstić information content (AvgIpc) is 2.42. The van der Waals surface area contributed by atoms with Gasteiger partial charge in [-0.1, -0.05) is 0 Å². The third-order valence-corrected chi connectivity index (χ3v) is 6.75. The number of hydrogen-bond acceptors (Lipinski definition) is 1. The van der Waals surface area contributed by atoms with Gasteiger partial charge in [0.15, 0.2) is 0 Å². The van der Waals surface area contributed by atoms with Gasteiger partial charge in [-0.25, -0.2) is 8.78 Å². The summed E-state index contributed by atoms with van der Waals surface area (Å²) in [4.78, 5) is 0. The van der Waals surface area contributed by atoms with Crippen molar-refractivity contribution in [3.05, 3.63) is 33.8 Å². The molecule has 1 aromatic carbocycles. The first-order chi connectivity index (χ1) is 9.98. The zero-order valence-corrected chi connectivity index (χ0v) is 13.5. The Hall–Kier alpha value is -0.480. The number of benzene rings is 1. The maximum atomic E-state index is 14.4. The quantitative estimate of drug-likeness (QED) is 0.746. The van der Waals surface area contributed by atoms with Crippen molar-refractivity contribution in [3.8, 4) is 0 Å². The van der Waals surface area contributed by atoms with Gasteiger partial charge in [-0.3, -0.25) is 0 Å². The van der Waals surface area contributed by atoms with E-state index in [1.165, 1.54) is 31.4 Å². The molecule has 1 unspecified atom stereocenters. The van der Waals surface area contributed by atoms with E-state index in [0.29, 0.717) is 4.47 Å². The fourth-order valence-corrected chi connectivity index (χ4v) is 6.04. The first-order valence-electron chi connectivity index (χ1n) is 7.87. The van der Waals surface area contributed by atoms with Crippen LogP contribution in [0.3, 0.4) is 0 Å². The minimum absolute atomic E-state index is 0.0861. The van der Waals surface area contributed by atoms with Crippen LogP contribution in [0.2, 0.25) is 0 Å². The second kappa shape index (κ2) is 4.76. The van der Waals surface area contributed by atoms with Gasteiger partial charge in [0.2, 0.25) is 0 Å². The predicted octanol–water partition coefficient (Wildman–Crippen LogP) is 4.94. The highest BCUT2D eigenvalue weighted by molar-refractivity contribution is 9.10. The van der Waals surface area contributed by atoms with E-state index < -0.39 is 17.7 Å². The molecule has 0 aliphatic heterocycles. The molecule has 1 aromatic rings. The molecule has 4 fully saturated rings. The molecular weight excluding hydrogens is 336 g/mol. The Bertz CT molecular complexity index is 551. The lowest BCUT2D eigenvalue weighted by Gasteiger charge is -2.59. The third kappa shape index (κ3) is 2.09. The van der Waals surface area contributed by atoms with Gasteiger partial charge in [0.25, 0.3) is 0 Å². The van der Waals surface area contributed by atoms with Crippen LogP contribution in [0, 0.1) is 34.8 Å². The van der Waals surface area contributed by atoms with Crippen LogP contribution >= 0.6 is 15.9 Å². The zero-order chi connectivity index (χ0) is 14.8. The average molecular weight is 356 g/mol. The van der Waals surface area contributed by atoms with Crippen molar-refractivity contribution in [2.75, 3.05) is 0 Å². The number of nitrogens with two attached hydrogens (primary N) is 1. The van der Waals surface area contributed by atoms with E-state index in [0.717, 1.165) is 37.0 Å². The molecule has 0 radical (unpaired) electrons. The molecule has 1 nitrogen and oxygen atoms in total. The highest BCUT2D eigenvalue weighted by atomic mass is 79.9. The minimum atomic E-state index is -0.525. The van der Waals surface area contributed by atoms with Crippen molar-refractivity contribution in [2.24, 2.45) is 28.9 Å². The van der Waals surface area contributed by atoms with Gasteiger partial charge >= 0.3 is 0 Å². The molecule has 4 aliphatic rings. The summed E-state index contributed by atoms with van der Waals surface area (Å²) < 4.78 is 29.0. The van der Waals surface area contributed by atoms with E-state index >= 15 is 0 Å². The molecule has 4 saturated carbocycles. The monoisotopic (exact) mass is 355 g/mol. The normalized spacial score (nSPS) is 38.8. The van der Waals surface area contributed by atoms with Gasteiger partial charge in [0, 0.05) is 11.6 Å². The van der Waals surface area contributed by atoms with E-state index in [1.54, 1.807) is 0 Å². The maximum Gasteiger partial charge on any atom is 0.145 e. The summed E-state index contributed by atoms with van der Waals surface area (Å²) in [6, 6.07) is 2.21. The molecule has 2 N–H and O–H groups in total. The van der Waals surface area contributed by atoms with E-state index in [1.807, 2.05) is 0 Å². The summed E-state index contributed by atoms with van der Waals surface area (Å²) in [5.74, 6) is 1.15. The van der Waals surface area contributed by atoms with Crippen LogP contribution in [0.1, 0.15) is 50.1 Å². The lowest BCUT2D eigenvalue weighted by molar-refractivity contribution is -0.0688. The van der Waals surface area contributed by atoms with Crippen molar-refractivity contribution in [2.45, 2.75) is 44.6 Å². The molecule has 4 heteroatoms. The molecule has 1 atom stereocenters. The topological polar surface area (TPSA) is 26.0 Å². The fourth-order valence-electron chi connectivity index (χ4n) is 5.69. The summed E-state index contributed by atoms with van der Waals surface area (Å²) >= 11 is 3.16. The van der Waals surface area contributed by atoms with Crippen LogP contribution < -0.4 is 5.73 Å². The van der Waals surface area contributed by atoms with Crippen LogP contribution in [0.25, 0.3) is 0 Å². The van der Waals surface area contributed by atoms with Gasteiger partial charge in [0.1, 0.15) is 11.6 Å². The number of halogens is 3. The Kier molecular flexibility index (Phi) is 3.20. The van der Waals surface area contributed by atoms with E-state index in [9.17, 15) is 8.78 Å².